The second kappa shape index (κ2) is 11.7. The van der Waals surface area contributed by atoms with Gasteiger partial charge in [-0.2, -0.15) is 5.26 Å². The first-order chi connectivity index (χ1) is 15.6. The van der Waals surface area contributed by atoms with E-state index in [4.69, 9.17) is 9.47 Å². The number of hydrogen-bond donors (Lipinski definition) is 1. The first kappa shape index (κ1) is 23.1. The normalized spacial score (nSPS) is 11.6. The summed E-state index contributed by atoms with van der Waals surface area (Å²) in [5.41, 5.74) is 3.58. The number of nitriles is 1. The number of hydrogen-bond acceptors (Lipinski definition) is 4. The predicted molar refractivity (Wildman–Crippen MR) is 124 cm³/mol. The van der Waals surface area contributed by atoms with Crippen LogP contribution in [0.5, 0.6) is 5.75 Å². The molecule has 0 aliphatic heterocycles. The van der Waals surface area contributed by atoms with Crippen LogP contribution in [-0.2, 0) is 29.3 Å². The number of benzene rings is 3. The molecule has 0 spiro atoms. The number of carbonyl (C=O) groups excluding carboxylic acids is 1. The molecular formula is C27H28N2O3. The Morgan fingerprint density at radius 3 is 2.31 bits per heavy atom. The molecule has 0 radical (unpaired) electrons. The number of nitrogens with zero attached hydrogens (tertiary/aromatic N) is 1. The van der Waals surface area contributed by atoms with Gasteiger partial charge in [0.05, 0.1) is 18.8 Å². The summed E-state index contributed by atoms with van der Waals surface area (Å²) in [6.45, 7) is 5.28. The van der Waals surface area contributed by atoms with Crippen molar-refractivity contribution in [2.45, 2.75) is 39.7 Å². The van der Waals surface area contributed by atoms with Gasteiger partial charge >= 0.3 is 0 Å². The van der Waals surface area contributed by atoms with Crippen LogP contribution >= 0.6 is 0 Å². The maximum atomic E-state index is 12.8. The number of carbonyl (C=O) groups is 1. The fraction of sp³-hybridized carbons (Fsp3) is 0.259. The van der Waals surface area contributed by atoms with Crippen LogP contribution in [0.1, 0.15) is 36.1 Å². The fourth-order valence-corrected chi connectivity index (χ4v) is 3.27. The SMILES string of the molecule is CC(C)C(Oc1ccccc1C#N)C(=O)NCc1cccc(COCc2ccccc2)c1. The van der Waals surface area contributed by atoms with Crippen molar-refractivity contribution in [2.24, 2.45) is 5.92 Å². The summed E-state index contributed by atoms with van der Waals surface area (Å²) in [5.74, 6) is 0.152. The lowest BCUT2D eigenvalue weighted by Crippen LogP contribution is -2.41. The molecule has 0 bridgehead atoms. The zero-order chi connectivity index (χ0) is 22.8. The van der Waals surface area contributed by atoms with Crippen molar-refractivity contribution < 1.29 is 14.3 Å². The summed E-state index contributed by atoms with van der Waals surface area (Å²) in [7, 11) is 0. The summed E-state index contributed by atoms with van der Waals surface area (Å²) < 4.78 is 11.7. The molecule has 5 heteroatoms. The molecule has 3 aromatic carbocycles. The molecule has 32 heavy (non-hydrogen) atoms. The molecule has 1 unspecified atom stereocenters. The maximum Gasteiger partial charge on any atom is 0.261 e. The highest BCUT2D eigenvalue weighted by Gasteiger charge is 2.25. The van der Waals surface area contributed by atoms with Gasteiger partial charge < -0.3 is 14.8 Å². The van der Waals surface area contributed by atoms with Crippen LogP contribution in [0.4, 0.5) is 0 Å². The Kier molecular flexibility index (Phi) is 8.42. The molecule has 1 atom stereocenters. The number of amides is 1. The molecule has 0 saturated carbocycles. The molecule has 1 N–H and O–H groups in total. The summed E-state index contributed by atoms with van der Waals surface area (Å²) in [5, 5.41) is 12.2. The third kappa shape index (κ3) is 6.69. The van der Waals surface area contributed by atoms with E-state index in [1.807, 2.05) is 68.4 Å². The van der Waals surface area contributed by atoms with E-state index in [9.17, 15) is 10.1 Å². The van der Waals surface area contributed by atoms with Gasteiger partial charge in [-0.05, 0) is 34.7 Å². The zero-order valence-corrected chi connectivity index (χ0v) is 18.5. The van der Waals surface area contributed by atoms with E-state index in [1.165, 1.54) is 0 Å². The molecular weight excluding hydrogens is 400 g/mol. The van der Waals surface area contributed by atoms with E-state index in [0.717, 1.165) is 16.7 Å². The third-order valence-corrected chi connectivity index (χ3v) is 4.96. The maximum absolute atomic E-state index is 12.8. The van der Waals surface area contributed by atoms with Crippen LogP contribution in [0, 0.1) is 17.2 Å². The molecule has 164 valence electrons. The van der Waals surface area contributed by atoms with Gasteiger partial charge in [0.1, 0.15) is 11.8 Å². The summed E-state index contributed by atoms with van der Waals surface area (Å²) in [4.78, 5) is 12.8. The van der Waals surface area contributed by atoms with Crippen LogP contribution in [0.25, 0.3) is 0 Å². The lowest BCUT2D eigenvalue weighted by atomic mass is 10.1. The van der Waals surface area contributed by atoms with Crippen LogP contribution in [-0.4, -0.2) is 12.0 Å². The van der Waals surface area contributed by atoms with Crippen LogP contribution in [0.2, 0.25) is 0 Å². The Hall–Kier alpha value is -3.62. The van der Waals surface area contributed by atoms with Gasteiger partial charge in [0, 0.05) is 6.54 Å². The molecule has 0 aliphatic carbocycles. The molecule has 3 aromatic rings. The monoisotopic (exact) mass is 428 g/mol. The van der Waals surface area contributed by atoms with Crippen LogP contribution in [0.3, 0.4) is 0 Å². The number of rotatable bonds is 10. The van der Waals surface area contributed by atoms with Gasteiger partial charge in [-0.3, -0.25) is 4.79 Å². The standard InChI is InChI=1S/C27H28N2O3/c1-20(2)26(32-25-14-7-6-13-24(25)16-28)27(30)29-17-22-11-8-12-23(15-22)19-31-18-21-9-4-3-5-10-21/h3-15,20,26H,17-19H2,1-2H3,(H,29,30). The lowest BCUT2D eigenvalue weighted by Gasteiger charge is -2.22. The summed E-state index contributed by atoms with van der Waals surface area (Å²) >= 11 is 0. The van der Waals surface area contributed by atoms with Crippen molar-refractivity contribution in [1.82, 2.24) is 5.32 Å². The average Bonchev–Trinajstić information content (AvgIpc) is 2.82. The Balaban J connectivity index is 1.55. The Morgan fingerprint density at radius 2 is 1.56 bits per heavy atom. The Labute approximate surface area is 189 Å². The second-order valence-electron chi connectivity index (χ2n) is 7.91. The summed E-state index contributed by atoms with van der Waals surface area (Å²) in [6, 6.07) is 27.1. The molecule has 0 aliphatic rings. The smallest absolute Gasteiger partial charge is 0.261 e. The van der Waals surface area contributed by atoms with E-state index >= 15 is 0 Å². The van der Waals surface area contributed by atoms with E-state index in [-0.39, 0.29) is 11.8 Å². The number of nitrogens with one attached hydrogen (secondary N) is 1. The van der Waals surface area contributed by atoms with Crippen molar-refractivity contribution in [3.05, 3.63) is 101 Å². The third-order valence-electron chi connectivity index (χ3n) is 4.96. The highest BCUT2D eigenvalue weighted by Crippen LogP contribution is 2.21. The van der Waals surface area contributed by atoms with Gasteiger partial charge in [-0.15, -0.1) is 0 Å². The number of para-hydroxylation sites is 1. The van der Waals surface area contributed by atoms with Crippen molar-refractivity contribution in [3.63, 3.8) is 0 Å². The largest absolute Gasteiger partial charge is 0.479 e. The molecule has 5 nitrogen and oxygen atoms in total. The molecule has 0 heterocycles. The second-order valence-corrected chi connectivity index (χ2v) is 7.91. The van der Waals surface area contributed by atoms with E-state index < -0.39 is 6.10 Å². The van der Waals surface area contributed by atoms with Gasteiger partial charge in [0.15, 0.2) is 6.10 Å². The van der Waals surface area contributed by atoms with Gasteiger partial charge in [0.2, 0.25) is 0 Å². The van der Waals surface area contributed by atoms with Gasteiger partial charge in [-0.1, -0.05) is 80.6 Å². The van der Waals surface area contributed by atoms with Crippen molar-refractivity contribution >= 4 is 5.91 Å². The van der Waals surface area contributed by atoms with E-state index in [1.54, 1.807) is 24.3 Å². The van der Waals surface area contributed by atoms with Gasteiger partial charge in [0.25, 0.3) is 5.91 Å². The van der Waals surface area contributed by atoms with Crippen molar-refractivity contribution in [1.29, 1.82) is 5.26 Å². The minimum Gasteiger partial charge on any atom is -0.479 e. The van der Waals surface area contributed by atoms with Crippen molar-refractivity contribution in [2.75, 3.05) is 0 Å². The van der Waals surface area contributed by atoms with Gasteiger partial charge in [-0.25, -0.2) is 0 Å². The number of ether oxygens (including phenoxy) is 2. The van der Waals surface area contributed by atoms with Crippen LogP contribution in [0.15, 0.2) is 78.9 Å². The van der Waals surface area contributed by atoms with E-state index in [0.29, 0.717) is 31.1 Å². The highest BCUT2D eigenvalue weighted by atomic mass is 16.5. The highest BCUT2D eigenvalue weighted by molar-refractivity contribution is 5.81. The molecule has 0 saturated heterocycles. The minimum absolute atomic E-state index is 0.0560. The first-order valence-corrected chi connectivity index (χ1v) is 10.7. The Bertz CT molecular complexity index is 1060. The quantitative estimate of drug-likeness (QED) is 0.494. The summed E-state index contributed by atoms with van der Waals surface area (Å²) in [6.07, 6.45) is -0.693. The molecule has 0 aromatic heterocycles. The molecule has 1 amide bonds. The first-order valence-electron chi connectivity index (χ1n) is 10.7. The minimum atomic E-state index is -0.693. The molecule has 3 rings (SSSR count). The zero-order valence-electron chi connectivity index (χ0n) is 18.5. The predicted octanol–water partition coefficient (Wildman–Crippen LogP) is 4.99. The van der Waals surface area contributed by atoms with E-state index in [2.05, 4.69) is 11.4 Å². The van der Waals surface area contributed by atoms with Crippen LogP contribution < -0.4 is 10.1 Å². The lowest BCUT2D eigenvalue weighted by molar-refractivity contribution is -0.130. The molecule has 0 fully saturated rings. The Morgan fingerprint density at radius 1 is 0.906 bits per heavy atom. The topological polar surface area (TPSA) is 71.3 Å². The van der Waals surface area contributed by atoms with Crippen molar-refractivity contribution in [3.8, 4) is 11.8 Å². The average molecular weight is 429 g/mol. The fourth-order valence-electron chi connectivity index (χ4n) is 3.27.